The summed E-state index contributed by atoms with van der Waals surface area (Å²) in [7, 11) is 2.17. The van der Waals surface area contributed by atoms with E-state index in [-0.39, 0.29) is 5.91 Å². The molecular weight excluding hydrogens is 466 g/mol. The van der Waals surface area contributed by atoms with E-state index in [2.05, 4.69) is 51.7 Å². The zero-order valence-electron chi connectivity index (χ0n) is 20.7. The van der Waals surface area contributed by atoms with Crippen molar-refractivity contribution in [3.05, 3.63) is 94.9 Å². The first-order chi connectivity index (χ1) is 17.5. The summed E-state index contributed by atoms with van der Waals surface area (Å²) in [5.74, 6) is -0.114. The predicted octanol–water partition coefficient (Wildman–Crippen LogP) is 5.86. The number of rotatable bonds is 7. The largest absolute Gasteiger partial charge is 0.331 e. The molecule has 4 aromatic rings. The van der Waals surface area contributed by atoms with E-state index < -0.39 is 0 Å². The van der Waals surface area contributed by atoms with E-state index in [0.29, 0.717) is 5.56 Å². The molecule has 1 aromatic heterocycles. The van der Waals surface area contributed by atoms with Crippen molar-refractivity contribution in [1.82, 2.24) is 14.8 Å². The molecule has 7 heteroatoms. The van der Waals surface area contributed by atoms with Gasteiger partial charge in [0.15, 0.2) is 5.13 Å². The third kappa shape index (κ3) is 5.99. The zero-order valence-corrected chi connectivity index (χ0v) is 21.5. The molecule has 1 aliphatic rings. The fourth-order valence-corrected chi connectivity index (χ4v) is 4.98. The smallest absolute Gasteiger partial charge is 0.255 e. The lowest BCUT2D eigenvalue weighted by molar-refractivity contribution is 0.102. The molecule has 2 N–H and O–H groups in total. The number of hydrogen-bond acceptors (Lipinski definition) is 6. The highest BCUT2D eigenvalue weighted by Crippen LogP contribution is 2.29. The third-order valence-corrected chi connectivity index (χ3v) is 7.29. The van der Waals surface area contributed by atoms with Gasteiger partial charge in [-0.25, -0.2) is 4.98 Å². The first kappa shape index (κ1) is 24.2. The molecule has 6 nitrogen and oxygen atoms in total. The lowest BCUT2D eigenvalue weighted by atomic mass is 10.1. The summed E-state index contributed by atoms with van der Waals surface area (Å²) in [6.07, 6.45) is 0. The molecule has 3 aromatic carbocycles. The summed E-state index contributed by atoms with van der Waals surface area (Å²) >= 11 is 1.56. The topological polar surface area (TPSA) is 60.5 Å². The summed E-state index contributed by atoms with van der Waals surface area (Å²) < 4.78 is 0. The van der Waals surface area contributed by atoms with Gasteiger partial charge in [-0.2, -0.15) is 0 Å². The maximum Gasteiger partial charge on any atom is 0.255 e. The van der Waals surface area contributed by atoms with Crippen molar-refractivity contribution in [2.75, 3.05) is 43.9 Å². The number of benzene rings is 3. The van der Waals surface area contributed by atoms with Gasteiger partial charge in [0.05, 0.1) is 5.69 Å². The van der Waals surface area contributed by atoms with Crippen LogP contribution in [0.1, 0.15) is 21.5 Å². The van der Waals surface area contributed by atoms with Gasteiger partial charge in [-0.1, -0.05) is 48.5 Å². The second-order valence-corrected chi connectivity index (χ2v) is 10.1. The van der Waals surface area contributed by atoms with Crippen LogP contribution in [0.4, 0.5) is 16.5 Å². The van der Waals surface area contributed by atoms with Crippen molar-refractivity contribution < 1.29 is 4.79 Å². The fraction of sp³-hybridized carbons (Fsp3) is 0.241. The molecule has 0 radical (unpaired) electrons. The molecule has 1 saturated heterocycles. The SMILES string of the molecule is Cc1ccc(NC(=O)c2ccc(CN3CCN(C)CC3)cc2)cc1Nc1nc(-c2ccccc2)cs1. The molecule has 1 aliphatic heterocycles. The molecule has 1 fully saturated rings. The Morgan fingerprint density at radius 3 is 2.47 bits per heavy atom. The Labute approximate surface area is 216 Å². The molecular formula is C29H31N5OS. The molecule has 36 heavy (non-hydrogen) atoms. The summed E-state index contributed by atoms with van der Waals surface area (Å²) in [5.41, 5.74) is 6.67. The number of likely N-dealkylation sites (N-methyl/N-ethyl adjacent to an activating group) is 1. The van der Waals surface area contributed by atoms with Crippen LogP contribution in [0.2, 0.25) is 0 Å². The average Bonchev–Trinajstić information content (AvgIpc) is 3.37. The molecule has 0 bridgehead atoms. The molecule has 0 unspecified atom stereocenters. The number of nitrogens with one attached hydrogen (secondary N) is 2. The highest BCUT2D eigenvalue weighted by atomic mass is 32.1. The van der Waals surface area contributed by atoms with Gasteiger partial charge in [0, 0.05) is 60.6 Å². The minimum Gasteiger partial charge on any atom is -0.331 e. The van der Waals surface area contributed by atoms with Crippen LogP contribution in [-0.2, 0) is 6.54 Å². The Bertz CT molecular complexity index is 1310. The third-order valence-electron chi connectivity index (χ3n) is 6.53. The number of aryl methyl sites for hydroxylation is 1. The number of thiazole rings is 1. The van der Waals surface area contributed by atoms with E-state index in [1.54, 1.807) is 11.3 Å². The second-order valence-electron chi connectivity index (χ2n) is 9.29. The number of carbonyl (C=O) groups excluding carboxylic acids is 1. The standard InChI is InChI=1S/C29H31N5OS/c1-21-8-13-25(18-26(21)31-29-32-27(20-36-29)23-6-4-3-5-7-23)30-28(35)24-11-9-22(10-12-24)19-34-16-14-33(2)15-17-34/h3-13,18,20H,14-17,19H2,1-2H3,(H,30,35)(H,31,32). The van der Waals surface area contributed by atoms with Crippen LogP contribution < -0.4 is 10.6 Å². The summed E-state index contributed by atoms with van der Waals surface area (Å²) in [6, 6.07) is 24.0. The van der Waals surface area contributed by atoms with Crippen LogP contribution in [0, 0.1) is 6.92 Å². The van der Waals surface area contributed by atoms with Gasteiger partial charge in [-0.05, 0) is 49.4 Å². The monoisotopic (exact) mass is 497 g/mol. The number of nitrogens with zero attached hydrogens (tertiary/aromatic N) is 3. The number of carbonyl (C=O) groups is 1. The lowest BCUT2D eigenvalue weighted by Crippen LogP contribution is -2.43. The van der Waals surface area contributed by atoms with Crippen LogP contribution in [0.3, 0.4) is 0 Å². The van der Waals surface area contributed by atoms with Crippen molar-refractivity contribution in [1.29, 1.82) is 0 Å². The zero-order chi connectivity index (χ0) is 24.9. The summed E-state index contributed by atoms with van der Waals surface area (Å²) in [4.78, 5) is 22.4. The minimum absolute atomic E-state index is 0.114. The number of anilines is 3. The molecule has 0 atom stereocenters. The quantitative estimate of drug-likeness (QED) is 0.335. The van der Waals surface area contributed by atoms with Gasteiger partial charge in [-0.3, -0.25) is 9.69 Å². The first-order valence-electron chi connectivity index (χ1n) is 12.2. The van der Waals surface area contributed by atoms with Gasteiger partial charge in [0.2, 0.25) is 0 Å². The minimum atomic E-state index is -0.114. The molecule has 0 saturated carbocycles. The van der Waals surface area contributed by atoms with Crippen LogP contribution in [0.15, 0.2) is 78.2 Å². The Kier molecular flexibility index (Phi) is 7.41. The van der Waals surface area contributed by atoms with Gasteiger partial charge in [-0.15, -0.1) is 11.3 Å². The molecule has 0 aliphatic carbocycles. The maximum atomic E-state index is 12.9. The van der Waals surface area contributed by atoms with Gasteiger partial charge >= 0.3 is 0 Å². The van der Waals surface area contributed by atoms with Crippen molar-refractivity contribution in [2.45, 2.75) is 13.5 Å². The molecule has 184 valence electrons. The first-order valence-corrected chi connectivity index (χ1v) is 13.1. The highest BCUT2D eigenvalue weighted by Gasteiger charge is 2.14. The number of hydrogen-bond donors (Lipinski definition) is 2. The van der Waals surface area contributed by atoms with Crippen molar-refractivity contribution in [3.8, 4) is 11.3 Å². The lowest BCUT2D eigenvalue weighted by Gasteiger charge is -2.32. The van der Waals surface area contributed by atoms with E-state index in [1.165, 1.54) is 5.56 Å². The number of piperazine rings is 1. The van der Waals surface area contributed by atoms with E-state index in [9.17, 15) is 4.79 Å². The van der Waals surface area contributed by atoms with E-state index in [0.717, 1.165) is 66.1 Å². The second kappa shape index (κ2) is 11.0. The molecule has 2 heterocycles. The normalized spacial score (nSPS) is 14.5. The Morgan fingerprint density at radius 2 is 1.72 bits per heavy atom. The Morgan fingerprint density at radius 1 is 0.972 bits per heavy atom. The van der Waals surface area contributed by atoms with Crippen LogP contribution in [-0.4, -0.2) is 53.9 Å². The Balaban J connectivity index is 1.22. The highest BCUT2D eigenvalue weighted by molar-refractivity contribution is 7.14. The van der Waals surface area contributed by atoms with Gasteiger partial charge < -0.3 is 15.5 Å². The van der Waals surface area contributed by atoms with E-state index in [1.807, 2.05) is 60.8 Å². The van der Waals surface area contributed by atoms with E-state index >= 15 is 0 Å². The average molecular weight is 498 g/mol. The molecule has 1 amide bonds. The predicted molar refractivity (Wildman–Crippen MR) is 149 cm³/mol. The summed E-state index contributed by atoms with van der Waals surface area (Å²) in [5, 5.41) is 9.31. The van der Waals surface area contributed by atoms with Gasteiger partial charge in [0.1, 0.15) is 0 Å². The number of amides is 1. The van der Waals surface area contributed by atoms with E-state index in [4.69, 9.17) is 4.98 Å². The van der Waals surface area contributed by atoms with Crippen molar-refractivity contribution in [2.24, 2.45) is 0 Å². The molecule has 0 spiro atoms. The van der Waals surface area contributed by atoms with Crippen molar-refractivity contribution >= 4 is 33.8 Å². The maximum absolute atomic E-state index is 12.9. The Hall–Kier alpha value is -3.52. The fourth-order valence-electron chi connectivity index (χ4n) is 4.25. The van der Waals surface area contributed by atoms with Crippen LogP contribution >= 0.6 is 11.3 Å². The van der Waals surface area contributed by atoms with Crippen LogP contribution in [0.5, 0.6) is 0 Å². The van der Waals surface area contributed by atoms with Gasteiger partial charge in [0.25, 0.3) is 5.91 Å². The summed E-state index contributed by atoms with van der Waals surface area (Å²) in [6.45, 7) is 7.33. The van der Waals surface area contributed by atoms with Crippen molar-refractivity contribution in [3.63, 3.8) is 0 Å². The molecule has 5 rings (SSSR count). The number of aromatic nitrogens is 1. The van der Waals surface area contributed by atoms with Crippen LogP contribution in [0.25, 0.3) is 11.3 Å².